The molecule has 0 aliphatic carbocycles. The molecule has 0 spiro atoms. The van der Waals surface area contributed by atoms with E-state index in [1.165, 1.54) is 15.8 Å². The van der Waals surface area contributed by atoms with E-state index in [-0.39, 0.29) is 0 Å². The van der Waals surface area contributed by atoms with E-state index in [2.05, 4.69) is 73.8 Å². The molecule has 0 atom stereocenters. The Labute approximate surface area is 201 Å². The van der Waals surface area contributed by atoms with Gasteiger partial charge in [-0.05, 0) is 45.0 Å². The fourth-order valence-corrected chi connectivity index (χ4v) is 4.48. The van der Waals surface area contributed by atoms with Gasteiger partial charge in [-0.3, -0.25) is 0 Å². The summed E-state index contributed by atoms with van der Waals surface area (Å²) >= 11 is 1.67. The molecule has 32 heavy (non-hydrogen) atoms. The summed E-state index contributed by atoms with van der Waals surface area (Å²) in [6.45, 7) is 19.5. The molecule has 0 unspecified atom stereocenters. The normalized spacial score (nSPS) is 13.7. The summed E-state index contributed by atoms with van der Waals surface area (Å²) in [7, 11) is 0. The molecule has 0 saturated heterocycles. The Morgan fingerprint density at radius 3 is 1.69 bits per heavy atom. The Morgan fingerprint density at radius 1 is 0.750 bits per heavy atom. The molecule has 0 bridgehead atoms. The van der Waals surface area contributed by atoms with Gasteiger partial charge in [0, 0.05) is 22.8 Å². The van der Waals surface area contributed by atoms with Gasteiger partial charge < -0.3 is 5.53 Å². The minimum absolute atomic E-state index is 0.827. The number of benzene rings is 2. The summed E-state index contributed by atoms with van der Waals surface area (Å²) in [6, 6.07) is 16.4. The van der Waals surface area contributed by atoms with Crippen LogP contribution in [0.25, 0.3) is 16.9 Å². The van der Waals surface area contributed by atoms with Crippen molar-refractivity contribution in [3.8, 4) is 0 Å². The van der Waals surface area contributed by atoms with E-state index in [1.807, 2.05) is 37.3 Å². The molecule has 176 valence electrons. The molecule has 0 N–H and O–H groups in total. The second-order valence-electron chi connectivity index (χ2n) is 7.79. The Hall–Kier alpha value is -2.07. The Balaban J connectivity index is 0.000000282. The molecule has 5 heteroatoms. The zero-order valence-electron chi connectivity index (χ0n) is 20.6. The molecule has 1 aliphatic rings. The zero-order chi connectivity index (χ0) is 23.7. The molecule has 0 amide bonds. The zero-order valence-corrected chi connectivity index (χ0v) is 21.6. The van der Waals surface area contributed by atoms with Crippen molar-refractivity contribution in [2.24, 2.45) is 0 Å². The molecule has 1 heterocycles. The first-order chi connectivity index (χ1) is 15.3. The Kier molecular flexibility index (Phi) is 10.5. The van der Waals surface area contributed by atoms with E-state index >= 15 is 0 Å². The Bertz CT molecular complexity index is 959. The standard InChI is InChI=1S/C19H18N2.2C4H10N.Ni/c1-13-6-4-8-16(10-13)18-12-15(3)19(21(18)20)17-9-5-7-14(2)11-17;2*1-3-5-4-2;/h4-12H,1-3H3;2*3-4H2,1-2H3;/q;2*-1;+2. The molecule has 0 saturated carbocycles. The number of aryl methyl sites for hydroxylation is 2. The third kappa shape index (κ3) is 6.97. The van der Waals surface area contributed by atoms with E-state index in [9.17, 15) is 5.53 Å². The van der Waals surface area contributed by atoms with E-state index in [1.54, 1.807) is 14.9 Å². The molecule has 3 rings (SSSR count). The van der Waals surface area contributed by atoms with Crippen LogP contribution >= 0.6 is 0 Å². The SMILES string of the molecule is CC1=C(c2cccc(C)c2)[N+](=[N-])C(c2cccc(C)c2)=C1.CC[N](CC)[Ni][N](CC)CC. The van der Waals surface area contributed by atoms with Gasteiger partial charge in [0.25, 0.3) is 0 Å². The molecule has 0 fully saturated rings. The summed E-state index contributed by atoms with van der Waals surface area (Å²) in [5.41, 5.74) is 17.8. The average molecular weight is 477 g/mol. The quantitative estimate of drug-likeness (QED) is 0.313. The van der Waals surface area contributed by atoms with Crippen LogP contribution in [0, 0.1) is 13.8 Å². The second kappa shape index (κ2) is 12.8. The molecular formula is C27H38N4Ni. The fraction of sp³-hybridized carbons (Fsp3) is 0.407. The van der Waals surface area contributed by atoms with Crippen molar-refractivity contribution >= 4 is 11.4 Å². The Morgan fingerprint density at radius 2 is 1.22 bits per heavy atom. The maximum absolute atomic E-state index is 10.6. The summed E-state index contributed by atoms with van der Waals surface area (Å²) < 4.78 is 6.05. The van der Waals surface area contributed by atoms with Crippen LogP contribution in [0.3, 0.4) is 0 Å². The number of rotatable bonds is 8. The van der Waals surface area contributed by atoms with Crippen molar-refractivity contribution in [3.63, 3.8) is 0 Å². The van der Waals surface area contributed by atoms with Crippen molar-refractivity contribution in [1.29, 1.82) is 0 Å². The van der Waals surface area contributed by atoms with Crippen molar-refractivity contribution in [1.82, 2.24) is 7.96 Å². The van der Waals surface area contributed by atoms with Gasteiger partial charge in [-0.2, -0.15) is 0 Å². The predicted octanol–water partition coefficient (Wildman–Crippen LogP) is 6.71. The predicted molar refractivity (Wildman–Crippen MR) is 132 cm³/mol. The van der Waals surface area contributed by atoms with Crippen LogP contribution in [0.2, 0.25) is 0 Å². The van der Waals surface area contributed by atoms with Crippen LogP contribution in [-0.2, 0) is 14.9 Å². The van der Waals surface area contributed by atoms with Gasteiger partial charge in [-0.15, -0.1) is 0 Å². The van der Waals surface area contributed by atoms with Gasteiger partial charge in [-0.25, -0.2) is 4.70 Å². The summed E-state index contributed by atoms with van der Waals surface area (Å²) in [5, 5.41) is 0. The first-order valence-electron chi connectivity index (χ1n) is 11.5. The van der Waals surface area contributed by atoms with E-state index < -0.39 is 0 Å². The van der Waals surface area contributed by atoms with Crippen LogP contribution in [-0.4, -0.2) is 38.8 Å². The van der Waals surface area contributed by atoms with Gasteiger partial charge in [0.05, 0.1) is 0 Å². The number of nitrogens with zero attached hydrogens (tertiary/aromatic N) is 4. The average Bonchev–Trinajstić information content (AvgIpc) is 3.09. The van der Waals surface area contributed by atoms with Crippen molar-refractivity contribution < 1.29 is 19.6 Å². The first-order valence-corrected chi connectivity index (χ1v) is 12.4. The van der Waals surface area contributed by atoms with Crippen LogP contribution in [0.1, 0.15) is 56.9 Å². The number of hydrogen-bond donors (Lipinski definition) is 0. The molecule has 4 nitrogen and oxygen atoms in total. The van der Waals surface area contributed by atoms with Gasteiger partial charge in [0.1, 0.15) is 0 Å². The van der Waals surface area contributed by atoms with Crippen molar-refractivity contribution in [3.05, 3.63) is 88.0 Å². The minimum atomic E-state index is 0.827. The first kappa shape index (κ1) is 26.2. The topological polar surface area (TPSA) is 31.8 Å². The molecule has 2 aromatic rings. The van der Waals surface area contributed by atoms with Gasteiger partial charge in [0.15, 0.2) is 0 Å². The number of hydrogen-bond acceptors (Lipinski definition) is 2. The molecular weight excluding hydrogens is 439 g/mol. The van der Waals surface area contributed by atoms with Crippen LogP contribution in [0.15, 0.2) is 60.2 Å². The van der Waals surface area contributed by atoms with Crippen LogP contribution < -0.4 is 0 Å². The third-order valence-corrected chi connectivity index (χ3v) is 7.05. The number of allylic oxidation sites excluding steroid dienone is 2. The molecule has 0 radical (unpaired) electrons. The van der Waals surface area contributed by atoms with Crippen molar-refractivity contribution in [2.45, 2.75) is 48.5 Å². The monoisotopic (exact) mass is 476 g/mol. The fourth-order valence-electron chi connectivity index (χ4n) is 3.53. The van der Waals surface area contributed by atoms with E-state index in [0.717, 1.165) is 54.3 Å². The van der Waals surface area contributed by atoms with Crippen molar-refractivity contribution in [2.75, 3.05) is 26.2 Å². The van der Waals surface area contributed by atoms with E-state index in [0.29, 0.717) is 0 Å². The second-order valence-corrected chi connectivity index (χ2v) is 9.23. The molecule has 0 aromatic heterocycles. The summed E-state index contributed by atoms with van der Waals surface area (Å²) in [4.78, 5) is 0. The molecule has 2 aromatic carbocycles. The van der Waals surface area contributed by atoms with Gasteiger partial charge in [0.2, 0.25) is 11.4 Å². The van der Waals surface area contributed by atoms with Gasteiger partial charge in [-0.1, -0.05) is 35.4 Å². The molecule has 1 aliphatic heterocycles. The summed E-state index contributed by atoms with van der Waals surface area (Å²) in [5.74, 6) is 0. The van der Waals surface area contributed by atoms with Crippen LogP contribution in [0.4, 0.5) is 0 Å². The van der Waals surface area contributed by atoms with Crippen LogP contribution in [0.5, 0.6) is 0 Å². The third-order valence-electron chi connectivity index (χ3n) is 5.25. The van der Waals surface area contributed by atoms with Gasteiger partial charge >= 0.3 is 76.7 Å². The maximum atomic E-state index is 10.6. The van der Waals surface area contributed by atoms with E-state index in [4.69, 9.17) is 0 Å². The summed E-state index contributed by atoms with van der Waals surface area (Å²) in [6.07, 6.45) is 2.03.